The molecule has 0 aliphatic heterocycles. The van der Waals surface area contributed by atoms with Crippen LogP contribution in [0.5, 0.6) is 5.75 Å². The predicted molar refractivity (Wildman–Crippen MR) is 118 cm³/mol. The van der Waals surface area contributed by atoms with E-state index < -0.39 is 0 Å². The van der Waals surface area contributed by atoms with Crippen LogP contribution in [0.3, 0.4) is 0 Å². The van der Waals surface area contributed by atoms with Gasteiger partial charge in [-0.1, -0.05) is 60.7 Å². The number of benzene rings is 3. The Kier molecular flexibility index (Phi) is 5.68. The average Bonchev–Trinajstić information content (AvgIpc) is 3.18. The number of hydrogen-bond acceptors (Lipinski definition) is 4. The van der Waals surface area contributed by atoms with E-state index in [1.807, 2.05) is 60.7 Å². The summed E-state index contributed by atoms with van der Waals surface area (Å²) in [6.07, 6.45) is 0. The molecule has 0 radical (unpaired) electrons. The topological polar surface area (TPSA) is 51.2 Å². The van der Waals surface area contributed by atoms with Crippen LogP contribution in [0, 0.1) is 0 Å². The number of amides is 1. The summed E-state index contributed by atoms with van der Waals surface area (Å²) in [7, 11) is 0. The monoisotopic (exact) mass is 400 g/mol. The number of anilines is 1. The van der Waals surface area contributed by atoms with Gasteiger partial charge in [-0.25, -0.2) is 4.98 Å². The van der Waals surface area contributed by atoms with Gasteiger partial charge in [-0.05, 0) is 29.8 Å². The van der Waals surface area contributed by atoms with Gasteiger partial charge >= 0.3 is 0 Å². The number of nitrogens with zero attached hydrogens (tertiary/aromatic N) is 1. The van der Waals surface area contributed by atoms with Crippen LogP contribution < -0.4 is 10.1 Å². The molecule has 3 aromatic carbocycles. The molecule has 4 aromatic rings. The molecule has 1 aromatic heterocycles. The highest BCUT2D eigenvalue weighted by atomic mass is 32.1. The second-order valence-corrected chi connectivity index (χ2v) is 7.60. The zero-order valence-corrected chi connectivity index (χ0v) is 16.8. The zero-order chi connectivity index (χ0) is 20.1. The van der Waals surface area contributed by atoms with Crippen molar-refractivity contribution in [3.63, 3.8) is 0 Å². The van der Waals surface area contributed by atoms with Gasteiger partial charge in [-0.3, -0.25) is 4.79 Å². The van der Waals surface area contributed by atoms with Crippen molar-refractivity contribution in [3.05, 3.63) is 89.9 Å². The minimum Gasteiger partial charge on any atom is -0.486 e. The minimum absolute atomic E-state index is 0.0941. The van der Waals surface area contributed by atoms with Crippen molar-refractivity contribution in [1.82, 2.24) is 4.98 Å². The number of aromatic nitrogens is 1. The molecule has 0 aliphatic rings. The third-order valence-electron chi connectivity index (χ3n) is 4.29. The minimum atomic E-state index is -0.0941. The highest BCUT2D eigenvalue weighted by Gasteiger charge is 2.15. The Labute approximate surface area is 173 Å². The number of nitrogens with one attached hydrogen (secondary N) is 1. The Morgan fingerprint density at radius 3 is 2.14 bits per heavy atom. The van der Waals surface area contributed by atoms with Crippen molar-refractivity contribution >= 4 is 22.9 Å². The number of carbonyl (C=O) groups excluding carboxylic acids is 1. The third kappa shape index (κ3) is 4.70. The Balaban J connectivity index is 1.57. The van der Waals surface area contributed by atoms with Gasteiger partial charge in [0.25, 0.3) is 0 Å². The summed E-state index contributed by atoms with van der Waals surface area (Å²) in [4.78, 5) is 17.1. The lowest BCUT2D eigenvalue weighted by molar-refractivity contribution is -0.114. The molecule has 144 valence electrons. The molecule has 0 saturated carbocycles. The second-order valence-electron chi connectivity index (χ2n) is 6.51. The van der Waals surface area contributed by atoms with Crippen molar-refractivity contribution in [3.8, 4) is 27.4 Å². The lowest BCUT2D eigenvalue weighted by Gasteiger charge is -2.06. The Hall–Kier alpha value is -3.44. The van der Waals surface area contributed by atoms with Crippen LogP contribution in [0.25, 0.3) is 21.7 Å². The van der Waals surface area contributed by atoms with E-state index in [4.69, 9.17) is 9.72 Å². The van der Waals surface area contributed by atoms with Gasteiger partial charge in [-0.15, -0.1) is 11.3 Å². The molecule has 0 saturated heterocycles. The number of hydrogen-bond donors (Lipinski definition) is 1. The lowest BCUT2D eigenvalue weighted by Crippen LogP contribution is -2.05. The Morgan fingerprint density at radius 1 is 0.897 bits per heavy atom. The Morgan fingerprint density at radius 2 is 1.52 bits per heavy atom. The van der Waals surface area contributed by atoms with Crippen molar-refractivity contribution in [2.24, 2.45) is 0 Å². The molecule has 0 fully saturated rings. The summed E-state index contributed by atoms with van der Waals surface area (Å²) < 4.78 is 5.93. The van der Waals surface area contributed by atoms with Gasteiger partial charge in [-0.2, -0.15) is 0 Å². The van der Waals surface area contributed by atoms with Crippen molar-refractivity contribution < 1.29 is 9.53 Å². The van der Waals surface area contributed by atoms with Crippen LogP contribution in [0.2, 0.25) is 0 Å². The maximum Gasteiger partial charge on any atom is 0.221 e. The van der Waals surface area contributed by atoms with Crippen LogP contribution in [0.4, 0.5) is 5.69 Å². The van der Waals surface area contributed by atoms with E-state index in [1.165, 1.54) is 6.92 Å². The van der Waals surface area contributed by atoms with Gasteiger partial charge in [0.1, 0.15) is 17.4 Å². The van der Waals surface area contributed by atoms with E-state index in [0.717, 1.165) is 38.1 Å². The van der Waals surface area contributed by atoms with Gasteiger partial charge in [0.15, 0.2) is 0 Å². The standard InChI is InChI=1S/C24H20N2O2S/c1-17(27)25-20-12-14-21(15-13-20)28-16-22-26-23(18-8-4-2-5-9-18)24(29-22)19-10-6-3-7-11-19/h2-15H,16H2,1H3,(H,25,27). The molecular formula is C24H20N2O2S. The fourth-order valence-electron chi connectivity index (χ4n) is 2.99. The summed E-state index contributed by atoms with van der Waals surface area (Å²) in [6, 6.07) is 27.8. The first-order valence-electron chi connectivity index (χ1n) is 9.30. The van der Waals surface area contributed by atoms with E-state index >= 15 is 0 Å². The van der Waals surface area contributed by atoms with Gasteiger partial charge in [0.05, 0.1) is 10.6 Å². The summed E-state index contributed by atoms with van der Waals surface area (Å²) >= 11 is 1.65. The number of ether oxygens (including phenoxy) is 1. The highest BCUT2D eigenvalue weighted by molar-refractivity contribution is 7.15. The molecule has 0 unspecified atom stereocenters. The molecule has 0 spiro atoms. The average molecular weight is 401 g/mol. The molecule has 4 rings (SSSR count). The molecule has 1 amide bonds. The SMILES string of the molecule is CC(=O)Nc1ccc(OCc2nc(-c3ccccc3)c(-c3ccccc3)s2)cc1. The molecule has 0 aliphatic carbocycles. The fraction of sp³-hybridized carbons (Fsp3) is 0.0833. The maximum atomic E-state index is 11.1. The predicted octanol–water partition coefficient (Wildman–Crippen LogP) is 6.01. The van der Waals surface area contributed by atoms with Crippen LogP contribution in [0.15, 0.2) is 84.9 Å². The zero-order valence-electron chi connectivity index (χ0n) is 16.0. The van der Waals surface area contributed by atoms with Crippen LogP contribution >= 0.6 is 11.3 Å². The van der Waals surface area contributed by atoms with Crippen molar-refractivity contribution in [2.75, 3.05) is 5.32 Å². The molecule has 0 atom stereocenters. The van der Waals surface area contributed by atoms with E-state index in [9.17, 15) is 4.79 Å². The summed E-state index contributed by atoms with van der Waals surface area (Å²) in [5.41, 5.74) is 3.96. The normalized spacial score (nSPS) is 10.5. The molecule has 29 heavy (non-hydrogen) atoms. The molecule has 1 N–H and O–H groups in total. The summed E-state index contributed by atoms with van der Waals surface area (Å²) in [6.45, 7) is 1.87. The molecule has 4 nitrogen and oxygen atoms in total. The van der Waals surface area contributed by atoms with E-state index in [-0.39, 0.29) is 5.91 Å². The van der Waals surface area contributed by atoms with Crippen molar-refractivity contribution in [1.29, 1.82) is 0 Å². The van der Waals surface area contributed by atoms with Crippen LogP contribution in [0.1, 0.15) is 11.9 Å². The number of thiazole rings is 1. The molecule has 0 bridgehead atoms. The summed E-state index contributed by atoms with van der Waals surface area (Å²) in [5.74, 6) is 0.639. The first kappa shape index (κ1) is 18.9. The van der Waals surface area contributed by atoms with Gasteiger partial charge in [0, 0.05) is 18.2 Å². The quantitative estimate of drug-likeness (QED) is 0.431. The third-order valence-corrected chi connectivity index (χ3v) is 5.37. The number of carbonyl (C=O) groups is 1. The smallest absolute Gasteiger partial charge is 0.221 e. The van der Waals surface area contributed by atoms with Crippen LogP contribution in [-0.2, 0) is 11.4 Å². The molecule has 5 heteroatoms. The first-order valence-corrected chi connectivity index (χ1v) is 10.1. The van der Waals surface area contributed by atoms with E-state index in [1.54, 1.807) is 11.3 Å². The maximum absolute atomic E-state index is 11.1. The highest BCUT2D eigenvalue weighted by Crippen LogP contribution is 2.37. The number of rotatable bonds is 6. The molecular weight excluding hydrogens is 380 g/mol. The van der Waals surface area contributed by atoms with E-state index in [2.05, 4.69) is 29.6 Å². The largest absolute Gasteiger partial charge is 0.486 e. The lowest BCUT2D eigenvalue weighted by atomic mass is 10.1. The molecule has 1 heterocycles. The van der Waals surface area contributed by atoms with Crippen molar-refractivity contribution in [2.45, 2.75) is 13.5 Å². The fourth-order valence-corrected chi connectivity index (χ4v) is 3.99. The van der Waals surface area contributed by atoms with Gasteiger partial charge < -0.3 is 10.1 Å². The van der Waals surface area contributed by atoms with E-state index in [0.29, 0.717) is 6.61 Å². The van der Waals surface area contributed by atoms with Gasteiger partial charge in [0.2, 0.25) is 5.91 Å². The van der Waals surface area contributed by atoms with Crippen LogP contribution in [-0.4, -0.2) is 10.9 Å². The Bertz CT molecular complexity index is 1030. The summed E-state index contributed by atoms with van der Waals surface area (Å²) in [5, 5.41) is 3.66. The second kappa shape index (κ2) is 8.71. The first-order chi connectivity index (χ1) is 14.2.